The number of hydrogen-bond acceptors (Lipinski definition) is 5. The molecule has 0 radical (unpaired) electrons. The van der Waals surface area contributed by atoms with Crippen LogP contribution in [0.4, 0.5) is 18.9 Å². The van der Waals surface area contributed by atoms with E-state index < -0.39 is 35.5 Å². The molecule has 5 aliphatic rings. The molecule has 1 spiro atoms. The summed E-state index contributed by atoms with van der Waals surface area (Å²) in [5.41, 5.74) is -3.73. The third kappa shape index (κ3) is 2.63. The van der Waals surface area contributed by atoms with Crippen molar-refractivity contribution in [2.24, 2.45) is 17.8 Å². The van der Waals surface area contributed by atoms with Gasteiger partial charge in [0.05, 0.1) is 0 Å². The molecular weight excluding hydrogens is 399 g/mol. The highest BCUT2D eigenvalue weighted by Crippen LogP contribution is 2.63. The molecule has 5 nitrogen and oxygen atoms in total. The number of nitrogens with one attached hydrogen (secondary N) is 1. The van der Waals surface area contributed by atoms with Gasteiger partial charge in [0.25, 0.3) is 5.72 Å². The number of rotatable bonds is 2. The number of ether oxygens (including phenoxy) is 2. The van der Waals surface area contributed by atoms with E-state index in [2.05, 4.69) is 18.8 Å². The van der Waals surface area contributed by atoms with Crippen molar-refractivity contribution < 1.29 is 32.4 Å². The van der Waals surface area contributed by atoms with Crippen LogP contribution in [-0.4, -0.2) is 29.6 Å². The standard InChI is InChI=1S/C22H26F3NO4/c1-13-9-10-17-14(2)21(22(23,24)25,26-15-7-5-4-6-8-15)28-18-20(17)16(13)11-12-19(3,27-18)29-30-20/h4-8,13,16-18,26H,2,9-12H2,1,3H3/t13-,16?,17+,18+,19+,20-,21?/m1/s1. The van der Waals surface area contributed by atoms with Crippen molar-refractivity contribution in [2.75, 3.05) is 5.32 Å². The molecule has 4 aliphatic heterocycles. The Kier molecular flexibility index (Phi) is 4.36. The van der Waals surface area contributed by atoms with Crippen molar-refractivity contribution in [3.8, 4) is 0 Å². The maximum atomic E-state index is 14.7. The lowest BCUT2D eigenvalue weighted by molar-refractivity contribution is -0.571. The van der Waals surface area contributed by atoms with Gasteiger partial charge in [-0.25, -0.2) is 9.78 Å². The van der Waals surface area contributed by atoms with E-state index in [1.165, 1.54) is 0 Å². The zero-order valence-electron chi connectivity index (χ0n) is 17.0. The Morgan fingerprint density at radius 1 is 1.07 bits per heavy atom. The number of alkyl halides is 3. The monoisotopic (exact) mass is 425 g/mol. The van der Waals surface area contributed by atoms with Crippen LogP contribution in [0.25, 0.3) is 0 Å². The fourth-order valence-corrected chi connectivity index (χ4v) is 5.78. The molecule has 0 amide bonds. The van der Waals surface area contributed by atoms with Crippen molar-refractivity contribution in [2.45, 2.75) is 69.1 Å². The van der Waals surface area contributed by atoms with E-state index in [0.717, 1.165) is 12.8 Å². The molecular formula is C22H26F3NO4. The van der Waals surface area contributed by atoms with Crippen LogP contribution in [0.3, 0.4) is 0 Å². The second-order valence-corrected chi connectivity index (χ2v) is 9.17. The highest BCUT2D eigenvalue weighted by Gasteiger charge is 2.75. The largest absolute Gasteiger partial charge is 0.441 e. The Morgan fingerprint density at radius 3 is 2.50 bits per heavy atom. The Morgan fingerprint density at radius 2 is 1.80 bits per heavy atom. The van der Waals surface area contributed by atoms with Crippen LogP contribution < -0.4 is 5.32 Å². The van der Waals surface area contributed by atoms with Gasteiger partial charge < -0.3 is 14.8 Å². The zero-order chi connectivity index (χ0) is 21.4. The summed E-state index contributed by atoms with van der Waals surface area (Å²) in [6.07, 6.45) is -3.48. The van der Waals surface area contributed by atoms with Gasteiger partial charge in [-0.2, -0.15) is 13.2 Å². The van der Waals surface area contributed by atoms with E-state index in [0.29, 0.717) is 12.8 Å². The molecule has 30 heavy (non-hydrogen) atoms. The van der Waals surface area contributed by atoms with E-state index in [-0.39, 0.29) is 23.1 Å². The van der Waals surface area contributed by atoms with Gasteiger partial charge in [-0.05, 0) is 55.7 Å². The van der Waals surface area contributed by atoms with Gasteiger partial charge in [0.2, 0.25) is 5.79 Å². The van der Waals surface area contributed by atoms with E-state index in [1.54, 1.807) is 37.3 Å². The van der Waals surface area contributed by atoms with Crippen molar-refractivity contribution in [3.05, 3.63) is 42.5 Å². The van der Waals surface area contributed by atoms with Crippen LogP contribution >= 0.6 is 0 Å². The maximum Gasteiger partial charge on any atom is 0.441 e. The minimum atomic E-state index is -4.77. The highest BCUT2D eigenvalue weighted by molar-refractivity contribution is 5.49. The first-order valence-corrected chi connectivity index (χ1v) is 10.4. The molecule has 1 aliphatic carbocycles. The molecule has 1 saturated carbocycles. The molecule has 0 aromatic heterocycles. The predicted octanol–water partition coefficient (Wildman–Crippen LogP) is 5.16. The summed E-state index contributed by atoms with van der Waals surface area (Å²) in [4.78, 5) is 11.6. The molecule has 1 N–H and O–H groups in total. The molecule has 5 fully saturated rings. The van der Waals surface area contributed by atoms with Crippen molar-refractivity contribution in [3.63, 3.8) is 0 Å². The van der Waals surface area contributed by atoms with Gasteiger partial charge in [-0.1, -0.05) is 31.7 Å². The molecule has 1 aromatic rings. The molecule has 2 bridgehead atoms. The van der Waals surface area contributed by atoms with Crippen LogP contribution in [0, 0.1) is 17.8 Å². The van der Waals surface area contributed by atoms with E-state index >= 15 is 0 Å². The Labute approximate surface area is 173 Å². The zero-order valence-corrected chi connectivity index (χ0v) is 17.0. The lowest BCUT2D eigenvalue weighted by atomic mass is 9.58. The minimum absolute atomic E-state index is 0.0507. The van der Waals surface area contributed by atoms with E-state index in [4.69, 9.17) is 19.2 Å². The number of fused-ring (bicyclic) bond motifs is 2. The topological polar surface area (TPSA) is 49.0 Å². The highest BCUT2D eigenvalue weighted by atomic mass is 19.4. The van der Waals surface area contributed by atoms with Gasteiger partial charge in [-0.15, -0.1) is 0 Å². The molecule has 4 heterocycles. The summed E-state index contributed by atoms with van der Waals surface area (Å²) in [6.45, 7) is 7.72. The summed E-state index contributed by atoms with van der Waals surface area (Å²) in [5.74, 6) is -1.59. The summed E-state index contributed by atoms with van der Waals surface area (Å²) >= 11 is 0. The Hall–Kier alpha value is -1.61. The SMILES string of the molecule is C=C1[C@@H]2CC[C@@H](C)C3CC[C@]4(C)OO[C@]32[C@H](OC1(Nc1ccccc1)C(F)(F)F)O4. The number of benzene rings is 1. The first-order valence-electron chi connectivity index (χ1n) is 10.4. The van der Waals surface area contributed by atoms with Crippen LogP contribution in [0.1, 0.15) is 39.5 Å². The molecule has 8 heteroatoms. The third-order valence-electron chi connectivity index (χ3n) is 7.37. The minimum Gasteiger partial charge on any atom is -0.346 e. The average molecular weight is 425 g/mol. The molecule has 4 saturated heterocycles. The number of anilines is 1. The predicted molar refractivity (Wildman–Crippen MR) is 102 cm³/mol. The van der Waals surface area contributed by atoms with Crippen molar-refractivity contribution in [1.29, 1.82) is 0 Å². The maximum absolute atomic E-state index is 14.7. The lowest BCUT2D eigenvalue weighted by Gasteiger charge is -2.61. The van der Waals surface area contributed by atoms with Crippen molar-refractivity contribution >= 4 is 5.69 Å². The van der Waals surface area contributed by atoms with Crippen LogP contribution in [-0.2, 0) is 19.2 Å². The van der Waals surface area contributed by atoms with Crippen LogP contribution in [0.2, 0.25) is 0 Å². The molecule has 2 unspecified atom stereocenters. The summed E-state index contributed by atoms with van der Waals surface area (Å²) in [5, 5.41) is 2.60. The third-order valence-corrected chi connectivity index (χ3v) is 7.37. The molecule has 1 aromatic carbocycles. The Balaban J connectivity index is 1.64. The second-order valence-electron chi connectivity index (χ2n) is 9.17. The van der Waals surface area contributed by atoms with Crippen LogP contribution in [0.15, 0.2) is 42.5 Å². The Bertz CT molecular complexity index is 849. The normalized spacial score (nSPS) is 45.6. The van der Waals surface area contributed by atoms with Gasteiger partial charge in [-0.3, -0.25) is 0 Å². The lowest BCUT2D eigenvalue weighted by Crippen LogP contribution is -2.75. The van der Waals surface area contributed by atoms with Crippen LogP contribution in [0.5, 0.6) is 0 Å². The van der Waals surface area contributed by atoms with Gasteiger partial charge in [0.1, 0.15) is 0 Å². The first kappa shape index (κ1) is 20.3. The number of hydrogen-bond donors (Lipinski definition) is 1. The summed E-state index contributed by atoms with van der Waals surface area (Å²) in [6, 6.07) is 8.21. The van der Waals surface area contributed by atoms with Gasteiger partial charge >= 0.3 is 6.18 Å². The number of para-hydroxylation sites is 1. The summed E-state index contributed by atoms with van der Waals surface area (Å²) in [7, 11) is 0. The first-order chi connectivity index (χ1) is 14.1. The fraction of sp³-hybridized carbons (Fsp3) is 0.636. The summed E-state index contributed by atoms with van der Waals surface area (Å²) < 4.78 is 55.9. The van der Waals surface area contributed by atoms with Gasteiger partial charge in [0, 0.05) is 18.0 Å². The second kappa shape index (κ2) is 6.45. The number of halogens is 3. The van der Waals surface area contributed by atoms with Gasteiger partial charge in [0.15, 0.2) is 11.9 Å². The smallest absolute Gasteiger partial charge is 0.346 e. The average Bonchev–Trinajstić information content (AvgIpc) is 2.92. The molecule has 164 valence electrons. The molecule has 6 rings (SSSR count). The quantitative estimate of drug-likeness (QED) is 0.524. The van der Waals surface area contributed by atoms with E-state index in [9.17, 15) is 13.2 Å². The van der Waals surface area contributed by atoms with E-state index in [1.807, 2.05) is 0 Å². The fourth-order valence-electron chi connectivity index (χ4n) is 5.78. The molecule has 7 atom stereocenters. The van der Waals surface area contributed by atoms with Crippen molar-refractivity contribution in [1.82, 2.24) is 0 Å².